The first-order chi connectivity index (χ1) is 10.2. The minimum Gasteiger partial charge on any atom is -0.490 e. The second kappa shape index (κ2) is 6.59. The lowest BCUT2D eigenvalue weighted by Crippen LogP contribution is -2.07. The topological polar surface area (TPSA) is 9.23 Å². The molecule has 1 nitrogen and oxygen atoms in total. The standard InChI is InChI=1S/C18H22F2O/c19-17-15(6-2-5-13-3-1-4-13)9-10-16(18(17)20)21-12-11-14-7-8-14/h2,5,9-10,13-14H,1,3-4,6-8,11-12H2/b5-2+. The molecule has 1 aromatic carbocycles. The molecule has 0 spiro atoms. The van der Waals surface area contributed by atoms with Crippen LogP contribution in [0, 0.1) is 23.5 Å². The molecule has 0 unspecified atom stereocenters. The van der Waals surface area contributed by atoms with Crippen LogP contribution >= 0.6 is 0 Å². The summed E-state index contributed by atoms with van der Waals surface area (Å²) in [5.74, 6) is -0.200. The van der Waals surface area contributed by atoms with E-state index in [9.17, 15) is 8.78 Å². The van der Waals surface area contributed by atoms with Crippen molar-refractivity contribution in [2.75, 3.05) is 6.61 Å². The maximum atomic E-state index is 14.0. The van der Waals surface area contributed by atoms with Crippen LogP contribution in [0.3, 0.4) is 0 Å². The SMILES string of the molecule is Fc1c(C/C=C/C2CCC2)ccc(OCCC2CC2)c1F. The molecule has 2 aliphatic rings. The highest BCUT2D eigenvalue weighted by Crippen LogP contribution is 2.33. The molecule has 0 heterocycles. The van der Waals surface area contributed by atoms with Crippen molar-refractivity contribution in [3.05, 3.63) is 41.5 Å². The van der Waals surface area contributed by atoms with Crippen molar-refractivity contribution in [3.63, 3.8) is 0 Å². The molecule has 2 saturated carbocycles. The molecule has 0 N–H and O–H groups in total. The van der Waals surface area contributed by atoms with Crippen molar-refractivity contribution in [3.8, 4) is 5.75 Å². The van der Waals surface area contributed by atoms with Crippen LogP contribution < -0.4 is 4.74 Å². The summed E-state index contributed by atoms with van der Waals surface area (Å²) in [6, 6.07) is 3.19. The van der Waals surface area contributed by atoms with E-state index in [1.54, 1.807) is 12.1 Å². The van der Waals surface area contributed by atoms with E-state index in [0.717, 1.165) is 12.3 Å². The monoisotopic (exact) mass is 292 g/mol. The molecule has 0 saturated heterocycles. The van der Waals surface area contributed by atoms with Gasteiger partial charge in [-0.15, -0.1) is 0 Å². The lowest BCUT2D eigenvalue weighted by Gasteiger charge is -2.21. The number of halogens is 2. The van der Waals surface area contributed by atoms with Crippen LogP contribution in [0.5, 0.6) is 5.75 Å². The fourth-order valence-corrected chi connectivity index (χ4v) is 2.60. The Morgan fingerprint density at radius 1 is 1.10 bits per heavy atom. The van der Waals surface area contributed by atoms with Gasteiger partial charge in [0, 0.05) is 0 Å². The molecule has 0 aliphatic heterocycles. The van der Waals surface area contributed by atoms with E-state index in [2.05, 4.69) is 6.08 Å². The number of hydrogen-bond donors (Lipinski definition) is 0. The van der Waals surface area contributed by atoms with Crippen LogP contribution in [0.1, 0.15) is 44.1 Å². The van der Waals surface area contributed by atoms with Crippen LogP contribution in [0.2, 0.25) is 0 Å². The second-order valence-electron chi connectivity index (χ2n) is 6.25. The molecule has 1 aromatic rings. The van der Waals surface area contributed by atoms with E-state index in [4.69, 9.17) is 4.74 Å². The molecule has 0 radical (unpaired) electrons. The fourth-order valence-electron chi connectivity index (χ4n) is 2.60. The highest BCUT2D eigenvalue weighted by molar-refractivity contribution is 5.32. The number of rotatable bonds is 7. The minimum absolute atomic E-state index is 0.0415. The van der Waals surface area contributed by atoms with Crippen molar-refractivity contribution >= 4 is 0 Å². The average Bonchev–Trinajstić information content (AvgIpc) is 3.23. The molecule has 2 fully saturated rings. The van der Waals surface area contributed by atoms with Crippen molar-refractivity contribution in [1.29, 1.82) is 0 Å². The summed E-state index contributed by atoms with van der Waals surface area (Å²) in [5.41, 5.74) is 0.401. The molecule has 21 heavy (non-hydrogen) atoms. The minimum atomic E-state index is -0.847. The van der Waals surface area contributed by atoms with Gasteiger partial charge in [-0.25, -0.2) is 4.39 Å². The summed E-state index contributed by atoms with van der Waals surface area (Å²) in [6.07, 6.45) is 11.7. The van der Waals surface area contributed by atoms with Gasteiger partial charge < -0.3 is 4.74 Å². The molecule has 2 aliphatic carbocycles. The lowest BCUT2D eigenvalue weighted by atomic mass is 9.85. The maximum Gasteiger partial charge on any atom is 0.200 e. The molecule has 0 bridgehead atoms. The smallest absolute Gasteiger partial charge is 0.200 e. The van der Waals surface area contributed by atoms with Crippen molar-refractivity contribution in [1.82, 2.24) is 0 Å². The lowest BCUT2D eigenvalue weighted by molar-refractivity contribution is 0.282. The van der Waals surface area contributed by atoms with Gasteiger partial charge in [-0.1, -0.05) is 37.5 Å². The van der Waals surface area contributed by atoms with Gasteiger partial charge in [-0.3, -0.25) is 0 Å². The summed E-state index contributed by atoms with van der Waals surface area (Å²) < 4.78 is 33.3. The zero-order chi connectivity index (χ0) is 14.7. The number of ether oxygens (including phenoxy) is 1. The van der Waals surface area contributed by atoms with Gasteiger partial charge in [0.15, 0.2) is 11.6 Å². The molecule has 0 amide bonds. The van der Waals surface area contributed by atoms with E-state index >= 15 is 0 Å². The third-order valence-corrected chi connectivity index (χ3v) is 4.50. The normalized spacial score (nSPS) is 19.0. The Morgan fingerprint density at radius 2 is 1.90 bits per heavy atom. The number of benzene rings is 1. The Morgan fingerprint density at radius 3 is 2.57 bits per heavy atom. The Kier molecular flexibility index (Phi) is 4.57. The Hall–Kier alpha value is -1.38. The zero-order valence-corrected chi connectivity index (χ0v) is 12.3. The van der Waals surface area contributed by atoms with Crippen LogP contribution in [0.25, 0.3) is 0 Å². The van der Waals surface area contributed by atoms with Gasteiger partial charge in [0.25, 0.3) is 0 Å². The van der Waals surface area contributed by atoms with E-state index in [1.807, 2.05) is 6.08 Å². The van der Waals surface area contributed by atoms with Crippen molar-refractivity contribution in [2.24, 2.45) is 11.8 Å². The number of hydrogen-bond acceptors (Lipinski definition) is 1. The first kappa shape index (κ1) is 14.6. The van der Waals surface area contributed by atoms with E-state index in [-0.39, 0.29) is 5.75 Å². The molecule has 114 valence electrons. The fraction of sp³-hybridized carbons (Fsp3) is 0.556. The number of allylic oxidation sites excluding steroid dienone is 2. The molecular weight excluding hydrogens is 270 g/mol. The second-order valence-corrected chi connectivity index (χ2v) is 6.25. The van der Waals surface area contributed by atoms with Crippen LogP contribution in [-0.4, -0.2) is 6.61 Å². The first-order valence-corrected chi connectivity index (χ1v) is 8.00. The Balaban J connectivity index is 1.56. The molecular formula is C18H22F2O. The van der Waals surface area contributed by atoms with Crippen LogP contribution in [0.4, 0.5) is 8.78 Å². The molecule has 0 atom stereocenters. The van der Waals surface area contributed by atoms with Crippen LogP contribution in [-0.2, 0) is 6.42 Å². The van der Waals surface area contributed by atoms with Gasteiger partial charge in [-0.05, 0) is 49.1 Å². The third-order valence-electron chi connectivity index (χ3n) is 4.50. The first-order valence-electron chi connectivity index (χ1n) is 8.00. The van der Waals surface area contributed by atoms with Gasteiger partial charge in [-0.2, -0.15) is 4.39 Å². The van der Waals surface area contributed by atoms with E-state index in [0.29, 0.717) is 24.5 Å². The van der Waals surface area contributed by atoms with Crippen molar-refractivity contribution < 1.29 is 13.5 Å². The van der Waals surface area contributed by atoms with Crippen molar-refractivity contribution in [2.45, 2.75) is 44.9 Å². The van der Waals surface area contributed by atoms with Gasteiger partial charge in [0.1, 0.15) is 0 Å². The molecule has 3 rings (SSSR count). The predicted molar refractivity (Wildman–Crippen MR) is 79.4 cm³/mol. The Bertz CT molecular complexity index is 516. The summed E-state index contributed by atoms with van der Waals surface area (Å²) in [4.78, 5) is 0. The van der Waals surface area contributed by atoms with E-state index < -0.39 is 11.6 Å². The average molecular weight is 292 g/mol. The summed E-state index contributed by atoms with van der Waals surface area (Å²) in [5, 5.41) is 0. The maximum absolute atomic E-state index is 14.0. The third kappa shape index (κ3) is 3.84. The van der Waals surface area contributed by atoms with E-state index in [1.165, 1.54) is 32.1 Å². The zero-order valence-electron chi connectivity index (χ0n) is 12.3. The van der Waals surface area contributed by atoms with Gasteiger partial charge >= 0.3 is 0 Å². The Labute approximate surface area is 125 Å². The van der Waals surface area contributed by atoms with Gasteiger partial charge in [0.05, 0.1) is 6.61 Å². The predicted octanol–water partition coefficient (Wildman–Crippen LogP) is 5.04. The highest BCUT2D eigenvalue weighted by Gasteiger charge is 2.21. The quantitative estimate of drug-likeness (QED) is 0.639. The summed E-state index contributed by atoms with van der Waals surface area (Å²) in [7, 11) is 0. The molecule has 0 aromatic heterocycles. The van der Waals surface area contributed by atoms with Gasteiger partial charge in [0.2, 0.25) is 5.82 Å². The largest absolute Gasteiger partial charge is 0.490 e. The summed E-state index contributed by atoms with van der Waals surface area (Å²) in [6.45, 7) is 0.474. The molecule has 3 heteroatoms. The highest BCUT2D eigenvalue weighted by atomic mass is 19.2. The summed E-state index contributed by atoms with van der Waals surface area (Å²) >= 11 is 0. The van der Waals surface area contributed by atoms with Crippen LogP contribution in [0.15, 0.2) is 24.3 Å².